The maximum Gasteiger partial charge on any atom is 0.252 e. The van der Waals surface area contributed by atoms with Crippen molar-refractivity contribution in [2.45, 2.75) is 19.4 Å². The fourth-order valence-corrected chi connectivity index (χ4v) is 4.71. The van der Waals surface area contributed by atoms with Gasteiger partial charge >= 0.3 is 0 Å². The molecular formula is C27H31N3OS. The van der Waals surface area contributed by atoms with Crippen molar-refractivity contribution in [3.05, 3.63) is 95.1 Å². The molecule has 32 heavy (non-hydrogen) atoms. The van der Waals surface area contributed by atoms with Crippen LogP contribution in [0.15, 0.2) is 84.0 Å². The van der Waals surface area contributed by atoms with Crippen LogP contribution in [-0.2, 0) is 4.79 Å². The van der Waals surface area contributed by atoms with Gasteiger partial charge in [-0.15, -0.1) is 0 Å². The van der Waals surface area contributed by atoms with Gasteiger partial charge in [-0.3, -0.25) is 14.6 Å². The van der Waals surface area contributed by atoms with Crippen molar-refractivity contribution in [1.82, 2.24) is 15.1 Å². The van der Waals surface area contributed by atoms with Crippen molar-refractivity contribution >= 4 is 23.0 Å². The number of rotatable bonds is 7. The summed E-state index contributed by atoms with van der Waals surface area (Å²) in [6, 6.07) is 21.8. The van der Waals surface area contributed by atoms with E-state index >= 15 is 0 Å². The molecule has 0 saturated carbocycles. The molecule has 5 heteroatoms. The van der Waals surface area contributed by atoms with Crippen molar-refractivity contribution in [2.75, 3.05) is 39.3 Å². The van der Waals surface area contributed by atoms with Gasteiger partial charge in [0.25, 0.3) is 5.91 Å². The van der Waals surface area contributed by atoms with Crippen LogP contribution < -0.4 is 5.32 Å². The first-order valence-corrected chi connectivity index (χ1v) is 11.8. The number of carbonyl (C=O) groups is 1. The topological polar surface area (TPSA) is 35.6 Å². The summed E-state index contributed by atoms with van der Waals surface area (Å²) in [5.41, 5.74) is 4.42. The summed E-state index contributed by atoms with van der Waals surface area (Å²) in [7, 11) is 0. The summed E-state index contributed by atoms with van der Waals surface area (Å²) in [4.78, 5) is 18.3. The van der Waals surface area contributed by atoms with E-state index in [1.165, 1.54) is 11.1 Å². The van der Waals surface area contributed by atoms with Crippen LogP contribution in [0.2, 0.25) is 0 Å². The fraction of sp³-hybridized carbons (Fsp3) is 0.333. The lowest BCUT2D eigenvalue weighted by molar-refractivity contribution is -0.117. The minimum atomic E-state index is -0.0469. The van der Waals surface area contributed by atoms with Gasteiger partial charge in [0.2, 0.25) is 0 Å². The van der Waals surface area contributed by atoms with E-state index in [1.807, 2.05) is 13.0 Å². The molecular weight excluding hydrogens is 414 g/mol. The molecule has 0 aromatic heterocycles. The van der Waals surface area contributed by atoms with Crippen molar-refractivity contribution in [1.29, 1.82) is 0 Å². The Labute approximate surface area is 196 Å². The zero-order chi connectivity index (χ0) is 22.3. The molecule has 1 aliphatic carbocycles. The minimum Gasteiger partial charge on any atom is -0.351 e. The van der Waals surface area contributed by atoms with E-state index in [0.29, 0.717) is 18.5 Å². The molecule has 166 valence electrons. The number of nitrogens with one attached hydrogen (secondary N) is 1. The van der Waals surface area contributed by atoms with Crippen molar-refractivity contribution in [3.8, 4) is 0 Å². The molecule has 4 rings (SSSR count). The largest absolute Gasteiger partial charge is 0.351 e. The third kappa shape index (κ3) is 5.60. The van der Waals surface area contributed by atoms with Gasteiger partial charge < -0.3 is 5.32 Å². The third-order valence-corrected chi connectivity index (χ3v) is 6.63. The lowest BCUT2D eigenvalue weighted by atomic mass is 9.96. The number of piperazine rings is 1. The molecule has 0 radical (unpaired) electrons. The Balaban J connectivity index is 1.31. The van der Waals surface area contributed by atoms with Crippen molar-refractivity contribution < 1.29 is 4.79 Å². The molecule has 2 aromatic carbocycles. The molecule has 0 atom stereocenters. The molecule has 1 heterocycles. The number of nitrogens with zero attached hydrogens (tertiary/aromatic N) is 2. The number of hydrogen-bond acceptors (Lipinski definition) is 4. The van der Waals surface area contributed by atoms with Gasteiger partial charge in [0, 0.05) is 50.6 Å². The maximum atomic E-state index is 12.5. The molecule has 0 bridgehead atoms. The van der Waals surface area contributed by atoms with Gasteiger partial charge in [-0.2, -0.15) is 0 Å². The Hall–Kier alpha value is -2.60. The van der Waals surface area contributed by atoms with Gasteiger partial charge in [0.1, 0.15) is 0 Å². The Morgan fingerprint density at radius 3 is 2.16 bits per heavy atom. The molecule has 2 aromatic rings. The Kier molecular flexibility index (Phi) is 7.63. The van der Waals surface area contributed by atoms with Crippen LogP contribution >= 0.6 is 12.2 Å². The molecule has 1 fully saturated rings. The number of benzene rings is 2. The summed E-state index contributed by atoms with van der Waals surface area (Å²) < 4.78 is 0. The average molecular weight is 446 g/mol. The zero-order valence-corrected chi connectivity index (χ0v) is 19.5. The van der Waals surface area contributed by atoms with E-state index in [9.17, 15) is 4.79 Å². The van der Waals surface area contributed by atoms with Gasteiger partial charge in [-0.1, -0.05) is 84.5 Å². The number of hydrogen-bond donors (Lipinski definition) is 1. The molecule has 1 N–H and O–H groups in total. The number of allylic oxidation sites excluding steroid dienone is 3. The molecule has 0 spiro atoms. The first-order chi connectivity index (χ1) is 15.6. The second kappa shape index (κ2) is 10.8. The first-order valence-electron chi connectivity index (χ1n) is 11.4. The predicted octanol–water partition coefficient (Wildman–Crippen LogP) is 4.16. The third-order valence-electron chi connectivity index (χ3n) is 6.24. The lowest BCUT2D eigenvalue weighted by Gasteiger charge is -2.39. The highest BCUT2D eigenvalue weighted by atomic mass is 32.1. The summed E-state index contributed by atoms with van der Waals surface area (Å²) >= 11 is 5.36. The Morgan fingerprint density at radius 1 is 0.969 bits per heavy atom. The van der Waals surface area contributed by atoms with Crippen LogP contribution in [0.25, 0.3) is 0 Å². The number of thiocarbonyl (C=S) groups is 1. The Bertz CT molecular complexity index is 953. The van der Waals surface area contributed by atoms with E-state index in [4.69, 9.17) is 12.2 Å². The quantitative estimate of drug-likeness (QED) is 0.650. The minimum absolute atomic E-state index is 0.0469. The summed E-state index contributed by atoms with van der Waals surface area (Å²) in [5.74, 6) is -0.0469. The molecule has 1 aliphatic heterocycles. The van der Waals surface area contributed by atoms with E-state index in [1.54, 1.807) is 0 Å². The molecule has 4 nitrogen and oxygen atoms in total. The van der Waals surface area contributed by atoms with E-state index in [2.05, 4.69) is 81.9 Å². The summed E-state index contributed by atoms with van der Waals surface area (Å²) in [5, 5.41) is 3.06. The van der Waals surface area contributed by atoms with Gasteiger partial charge in [0.05, 0.1) is 11.6 Å². The molecule has 2 aliphatic rings. The highest BCUT2D eigenvalue weighted by molar-refractivity contribution is 7.81. The Morgan fingerprint density at radius 2 is 1.56 bits per heavy atom. The highest BCUT2D eigenvalue weighted by Crippen LogP contribution is 2.29. The van der Waals surface area contributed by atoms with Crippen LogP contribution in [0.5, 0.6) is 0 Å². The van der Waals surface area contributed by atoms with Crippen LogP contribution in [0.4, 0.5) is 0 Å². The number of amides is 1. The van der Waals surface area contributed by atoms with Gasteiger partial charge in [-0.05, 0) is 24.1 Å². The fourth-order valence-electron chi connectivity index (χ4n) is 4.48. The first kappa shape index (κ1) is 22.6. The average Bonchev–Trinajstić information content (AvgIpc) is 2.83. The molecule has 1 amide bonds. The molecule has 0 unspecified atom stereocenters. The second-order valence-electron chi connectivity index (χ2n) is 8.49. The van der Waals surface area contributed by atoms with E-state index in [0.717, 1.165) is 43.2 Å². The van der Waals surface area contributed by atoms with Crippen LogP contribution in [0, 0.1) is 0 Å². The second-order valence-corrected chi connectivity index (χ2v) is 8.98. The maximum absolute atomic E-state index is 12.5. The number of carbonyl (C=O) groups excluding carboxylic acids is 1. The van der Waals surface area contributed by atoms with Crippen LogP contribution in [-0.4, -0.2) is 59.8 Å². The van der Waals surface area contributed by atoms with E-state index < -0.39 is 0 Å². The summed E-state index contributed by atoms with van der Waals surface area (Å²) in [6.07, 6.45) is 4.65. The lowest BCUT2D eigenvalue weighted by Crippen LogP contribution is -2.49. The smallest absolute Gasteiger partial charge is 0.252 e. The standard InChI is InChI=1S/C27H31N3OS/c1-21-12-13-25(32)24(20-21)27(31)28-14-15-29-16-18-30(19-17-29)26(22-8-4-2-5-9-22)23-10-6-3-7-11-23/h2-12,20,26H,13-19H2,1H3,(H,28,31). The van der Waals surface area contributed by atoms with Crippen molar-refractivity contribution in [2.24, 2.45) is 0 Å². The van der Waals surface area contributed by atoms with E-state index in [-0.39, 0.29) is 11.9 Å². The van der Waals surface area contributed by atoms with Crippen LogP contribution in [0.1, 0.15) is 30.5 Å². The van der Waals surface area contributed by atoms with Crippen molar-refractivity contribution in [3.63, 3.8) is 0 Å². The van der Waals surface area contributed by atoms with Gasteiger partial charge in [-0.25, -0.2) is 0 Å². The molecule has 1 saturated heterocycles. The van der Waals surface area contributed by atoms with Gasteiger partial charge in [0.15, 0.2) is 0 Å². The van der Waals surface area contributed by atoms with Crippen LogP contribution in [0.3, 0.4) is 0 Å². The summed E-state index contributed by atoms with van der Waals surface area (Å²) in [6.45, 7) is 7.50. The SMILES string of the molecule is CC1=CCC(=S)C(C(=O)NCCN2CCN(C(c3ccccc3)c3ccccc3)CC2)=C1. The zero-order valence-electron chi connectivity index (χ0n) is 18.7. The predicted molar refractivity (Wildman–Crippen MR) is 135 cm³/mol. The monoisotopic (exact) mass is 445 g/mol. The highest BCUT2D eigenvalue weighted by Gasteiger charge is 2.26. The normalized spacial score (nSPS) is 17.8.